The highest BCUT2D eigenvalue weighted by Gasteiger charge is 2.15. The minimum Gasteiger partial charge on any atom is -0.324 e. The Hall–Kier alpha value is -4.04. The summed E-state index contributed by atoms with van der Waals surface area (Å²) in [6, 6.07) is 20.2. The molecule has 1 heterocycles. The Labute approximate surface area is 162 Å². The summed E-state index contributed by atoms with van der Waals surface area (Å²) in [5.74, 6) is 6.20. The van der Waals surface area contributed by atoms with Crippen molar-refractivity contribution in [3.05, 3.63) is 89.3 Å². The van der Waals surface area contributed by atoms with Gasteiger partial charge in [-0.1, -0.05) is 24.3 Å². The molecule has 0 amide bonds. The fraction of sp³-hybridized carbons (Fsp3) is 0.0476. The van der Waals surface area contributed by atoms with E-state index in [1.165, 1.54) is 6.08 Å². The summed E-state index contributed by atoms with van der Waals surface area (Å²) in [7, 11) is 0. The summed E-state index contributed by atoms with van der Waals surface area (Å²) in [5, 5.41) is 20.6. The highest BCUT2D eigenvalue weighted by Crippen LogP contribution is 2.22. The number of anilines is 2. The summed E-state index contributed by atoms with van der Waals surface area (Å²) >= 11 is 0. The normalized spacial score (nSPS) is 11.5. The van der Waals surface area contributed by atoms with E-state index in [9.17, 15) is 0 Å². The van der Waals surface area contributed by atoms with E-state index in [2.05, 4.69) is 26.8 Å². The van der Waals surface area contributed by atoms with Crippen LogP contribution in [0.15, 0.2) is 66.9 Å². The first-order chi connectivity index (χ1) is 13.7. The van der Waals surface area contributed by atoms with Crippen LogP contribution in [0.3, 0.4) is 0 Å². The van der Waals surface area contributed by atoms with E-state index >= 15 is 0 Å². The number of nitriles is 2. The van der Waals surface area contributed by atoms with Gasteiger partial charge in [0.2, 0.25) is 5.95 Å². The number of rotatable bonds is 6. The first-order valence-corrected chi connectivity index (χ1v) is 8.46. The Morgan fingerprint density at radius 3 is 2.39 bits per heavy atom. The van der Waals surface area contributed by atoms with Crippen LogP contribution in [0.1, 0.15) is 28.4 Å². The molecule has 0 saturated carbocycles. The zero-order chi connectivity index (χ0) is 19.8. The lowest BCUT2D eigenvalue weighted by molar-refractivity contribution is 0.620. The molecule has 0 aliphatic heterocycles. The number of benzene rings is 2. The predicted molar refractivity (Wildman–Crippen MR) is 107 cm³/mol. The molecular weight excluding hydrogens is 350 g/mol. The second-order valence-corrected chi connectivity index (χ2v) is 5.85. The van der Waals surface area contributed by atoms with Crippen molar-refractivity contribution >= 4 is 17.7 Å². The Balaban J connectivity index is 1.81. The van der Waals surface area contributed by atoms with E-state index in [4.69, 9.17) is 16.4 Å². The van der Waals surface area contributed by atoms with Gasteiger partial charge in [0, 0.05) is 18.0 Å². The maximum atomic E-state index is 8.88. The van der Waals surface area contributed by atoms with Crippen molar-refractivity contribution in [3.8, 4) is 12.1 Å². The van der Waals surface area contributed by atoms with Crippen molar-refractivity contribution in [3.63, 3.8) is 0 Å². The number of nitrogens with one attached hydrogen (secondary N) is 2. The number of nitrogens with two attached hydrogens (primary N) is 1. The van der Waals surface area contributed by atoms with Crippen LogP contribution in [-0.2, 0) is 0 Å². The van der Waals surface area contributed by atoms with Crippen LogP contribution in [0.5, 0.6) is 0 Å². The summed E-state index contributed by atoms with van der Waals surface area (Å²) in [6.45, 7) is 0. The van der Waals surface area contributed by atoms with E-state index in [0.29, 0.717) is 17.2 Å². The molecule has 1 atom stereocenters. The highest BCUT2D eigenvalue weighted by molar-refractivity contribution is 5.55. The largest absolute Gasteiger partial charge is 0.324 e. The lowest BCUT2D eigenvalue weighted by Gasteiger charge is -2.17. The lowest BCUT2D eigenvalue weighted by Crippen LogP contribution is -2.29. The zero-order valence-corrected chi connectivity index (χ0v) is 14.9. The van der Waals surface area contributed by atoms with Crippen molar-refractivity contribution in [2.45, 2.75) is 6.04 Å². The molecule has 1 unspecified atom stereocenters. The smallest absolute Gasteiger partial charge is 0.227 e. The van der Waals surface area contributed by atoms with Gasteiger partial charge in [-0.15, -0.1) is 0 Å². The maximum Gasteiger partial charge on any atom is 0.227 e. The van der Waals surface area contributed by atoms with Crippen LogP contribution in [0.4, 0.5) is 11.6 Å². The minimum atomic E-state index is -0.321. The second kappa shape index (κ2) is 9.06. The van der Waals surface area contributed by atoms with Crippen LogP contribution < -0.4 is 16.6 Å². The first-order valence-electron chi connectivity index (χ1n) is 8.46. The summed E-state index contributed by atoms with van der Waals surface area (Å²) < 4.78 is 0. The zero-order valence-electron chi connectivity index (χ0n) is 14.9. The van der Waals surface area contributed by atoms with E-state index in [1.54, 1.807) is 42.6 Å². The van der Waals surface area contributed by atoms with Gasteiger partial charge >= 0.3 is 0 Å². The third-order valence-electron chi connectivity index (χ3n) is 4.03. The number of hydrazine groups is 1. The Bertz CT molecular complexity index is 1040. The van der Waals surface area contributed by atoms with Gasteiger partial charge < -0.3 is 5.32 Å². The van der Waals surface area contributed by atoms with Gasteiger partial charge in [0.05, 0.1) is 29.4 Å². The Kier molecular flexibility index (Phi) is 6.06. The fourth-order valence-electron chi connectivity index (χ4n) is 2.64. The van der Waals surface area contributed by atoms with Crippen molar-refractivity contribution in [2.24, 2.45) is 5.84 Å². The molecule has 136 valence electrons. The minimum absolute atomic E-state index is 0.321. The summed E-state index contributed by atoms with van der Waals surface area (Å²) in [6.07, 6.45) is 4.82. The molecule has 7 nitrogen and oxygen atoms in total. The van der Waals surface area contributed by atoms with Gasteiger partial charge in [-0.25, -0.2) is 15.4 Å². The van der Waals surface area contributed by atoms with Gasteiger partial charge in [0.15, 0.2) is 0 Å². The molecule has 7 heteroatoms. The van der Waals surface area contributed by atoms with Gasteiger partial charge in [-0.2, -0.15) is 10.5 Å². The monoisotopic (exact) mass is 367 g/mol. The van der Waals surface area contributed by atoms with Gasteiger partial charge in [-0.3, -0.25) is 5.84 Å². The molecule has 1 aromatic heterocycles. The number of aromatic nitrogens is 2. The Morgan fingerprint density at radius 1 is 1.00 bits per heavy atom. The van der Waals surface area contributed by atoms with E-state index in [-0.39, 0.29) is 6.04 Å². The molecule has 4 N–H and O–H groups in total. The molecular formula is C21H17N7. The van der Waals surface area contributed by atoms with Crippen molar-refractivity contribution < 1.29 is 0 Å². The number of hydrogen-bond donors (Lipinski definition) is 3. The van der Waals surface area contributed by atoms with Crippen LogP contribution in [0.2, 0.25) is 0 Å². The average Bonchev–Trinajstić information content (AvgIpc) is 2.74. The third kappa shape index (κ3) is 4.57. The molecule has 0 spiro atoms. The third-order valence-corrected chi connectivity index (χ3v) is 4.03. The molecule has 0 aliphatic rings. The molecule has 0 radical (unpaired) electrons. The van der Waals surface area contributed by atoms with Gasteiger partial charge in [0.1, 0.15) is 0 Å². The van der Waals surface area contributed by atoms with Crippen molar-refractivity contribution in [2.75, 3.05) is 5.32 Å². The number of nitrogens with zero attached hydrogens (tertiary/aromatic N) is 4. The molecule has 3 aromatic rings. The van der Waals surface area contributed by atoms with Crippen molar-refractivity contribution in [1.29, 1.82) is 10.5 Å². The van der Waals surface area contributed by atoms with Gasteiger partial charge in [-0.05, 0) is 47.5 Å². The summed E-state index contributed by atoms with van der Waals surface area (Å²) in [5.41, 5.74) is 6.70. The number of hydrogen-bond acceptors (Lipinski definition) is 7. The van der Waals surface area contributed by atoms with E-state index < -0.39 is 0 Å². The fourth-order valence-corrected chi connectivity index (χ4v) is 2.64. The van der Waals surface area contributed by atoms with E-state index in [0.717, 1.165) is 16.8 Å². The molecule has 2 aromatic carbocycles. The molecule has 0 fully saturated rings. The molecule has 28 heavy (non-hydrogen) atoms. The predicted octanol–water partition coefficient (Wildman–Crippen LogP) is 3.18. The van der Waals surface area contributed by atoms with Crippen LogP contribution in [0, 0.1) is 22.7 Å². The van der Waals surface area contributed by atoms with Crippen LogP contribution >= 0.6 is 0 Å². The second-order valence-electron chi connectivity index (χ2n) is 5.85. The summed E-state index contributed by atoms with van der Waals surface area (Å²) in [4.78, 5) is 8.78. The topological polar surface area (TPSA) is 123 Å². The Morgan fingerprint density at radius 2 is 1.75 bits per heavy atom. The molecule has 0 bridgehead atoms. The van der Waals surface area contributed by atoms with Crippen molar-refractivity contribution in [1.82, 2.24) is 15.4 Å². The SMILES string of the molecule is N#C/C=C/c1ccc(C(NN)c2ccnc(Nc3ccc(C#N)cc3)n2)cc1. The first kappa shape index (κ1) is 18.7. The standard InChI is InChI=1S/C21H17N7/c22-12-1-2-15-3-7-17(8-4-15)20(28-24)19-11-13-25-21(27-19)26-18-9-5-16(14-23)6-10-18/h1-11,13,20,28H,24H2,(H,25,26,27)/b2-1+. The molecule has 0 aliphatic carbocycles. The number of allylic oxidation sites excluding steroid dienone is 1. The molecule has 0 saturated heterocycles. The quantitative estimate of drug-likeness (QED) is 0.347. The average molecular weight is 367 g/mol. The van der Waals surface area contributed by atoms with E-state index in [1.807, 2.05) is 30.3 Å². The lowest BCUT2D eigenvalue weighted by atomic mass is 10.0. The highest BCUT2D eigenvalue weighted by atomic mass is 15.2. The van der Waals surface area contributed by atoms with Crippen LogP contribution in [0.25, 0.3) is 6.08 Å². The molecule has 3 rings (SSSR count). The van der Waals surface area contributed by atoms with Gasteiger partial charge in [0.25, 0.3) is 0 Å². The van der Waals surface area contributed by atoms with Crippen LogP contribution in [-0.4, -0.2) is 9.97 Å². The maximum absolute atomic E-state index is 8.88.